The number of hydrogen-bond acceptors (Lipinski definition) is 5. The normalized spacial score (nSPS) is 11.2. The van der Waals surface area contributed by atoms with Gasteiger partial charge in [-0.3, -0.25) is 4.79 Å². The number of aromatic nitrogens is 1. The number of carboxylic acid groups (broad SMARTS) is 1. The van der Waals surface area contributed by atoms with Crippen LogP contribution in [0, 0.1) is 17.0 Å². The summed E-state index contributed by atoms with van der Waals surface area (Å²) >= 11 is 0. The Morgan fingerprint density at radius 1 is 1.58 bits per heavy atom. The van der Waals surface area contributed by atoms with E-state index in [1.165, 1.54) is 6.92 Å². The van der Waals surface area contributed by atoms with Crippen molar-refractivity contribution in [1.29, 1.82) is 0 Å². The maximum atomic E-state index is 12.2. The van der Waals surface area contributed by atoms with Crippen molar-refractivity contribution in [2.45, 2.75) is 19.7 Å². The zero-order valence-corrected chi connectivity index (χ0v) is 9.39. The molecule has 19 heavy (non-hydrogen) atoms. The van der Waals surface area contributed by atoms with E-state index in [9.17, 15) is 28.1 Å². The van der Waals surface area contributed by atoms with Crippen LogP contribution in [0.2, 0.25) is 0 Å². The van der Waals surface area contributed by atoms with Crippen LogP contribution >= 0.6 is 0 Å². The number of aryl methyl sites for hydroxylation is 1. The number of nitro groups is 1. The second-order valence-corrected chi connectivity index (χ2v) is 3.45. The Morgan fingerprint density at radius 3 is 2.58 bits per heavy atom. The zero-order valence-electron chi connectivity index (χ0n) is 9.39. The molecule has 1 rings (SSSR count). The van der Waals surface area contributed by atoms with E-state index in [2.05, 4.69) is 9.72 Å². The largest absolute Gasteiger partial charge is 0.573 e. The molecular formula is C9H7F3N2O5. The van der Waals surface area contributed by atoms with Crippen molar-refractivity contribution in [2.75, 3.05) is 0 Å². The van der Waals surface area contributed by atoms with E-state index >= 15 is 0 Å². The van der Waals surface area contributed by atoms with Gasteiger partial charge in [-0.05, 0) is 16.0 Å². The Bertz CT molecular complexity index is 529. The Labute approximate surface area is 103 Å². The van der Waals surface area contributed by atoms with Gasteiger partial charge < -0.3 is 20.0 Å². The van der Waals surface area contributed by atoms with Crippen LogP contribution in [0.1, 0.15) is 11.3 Å². The first-order valence-electron chi connectivity index (χ1n) is 4.72. The predicted molar refractivity (Wildman–Crippen MR) is 53.7 cm³/mol. The minimum atomic E-state index is -5.19. The van der Waals surface area contributed by atoms with Gasteiger partial charge in [0.2, 0.25) is 5.75 Å². The molecule has 0 amide bonds. The molecule has 0 unspecified atom stereocenters. The number of rotatable bonds is 4. The van der Waals surface area contributed by atoms with Crippen LogP contribution in [0.5, 0.6) is 5.75 Å². The Kier molecular flexibility index (Phi) is 3.92. The molecule has 7 nitrogen and oxygen atoms in total. The summed E-state index contributed by atoms with van der Waals surface area (Å²) in [4.78, 5) is 23.3. The average molecular weight is 280 g/mol. The molecule has 1 N–H and O–H groups in total. The topological polar surface area (TPSA) is 103 Å². The highest BCUT2D eigenvalue weighted by Gasteiger charge is 2.37. The van der Waals surface area contributed by atoms with Gasteiger partial charge in [0.15, 0.2) is 5.69 Å². The van der Waals surface area contributed by atoms with E-state index in [0.29, 0.717) is 0 Å². The number of pyridine rings is 1. The summed E-state index contributed by atoms with van der Waals surface area (Å²) in [5.41, 5.74) is -0.457. The van der Waals surface area contributed by atoms with Gasteiger partial charge in [0.05, 0.1) is 6.42 Å². The number of aliphatic carboxylic acids is 1. The molecule has 0 atom stereocenters. The van der Waals surface area contributed by atoms with Crippen LogP contribution in [0.3, 0.4) is 0 Å². The number of halogens is 3. The molecule has 0 spiro atoms. The van der Waals surface area contributed by atoms with Crippen molar-refractivity contribution in [3.63, 3.8) is 0 Å². The van der Waals surface area contributed by atoms with Crippen molar-refractivity contribution in [2.24, 2.45) is 0 Å². The van der Waals surface area contributed by atoms with Gasteiger partial charge in [-0.25, -0.2) is 0 Å². The predicted octanol–water partition coefficient (Wildman–Crippen LogP) is 1.82. The summed E-state index contributed by atoms with van der Waals surface area (Å²) in [6.07, 6.45) is -6.04. The fourth-order valence-electron chi connectivity index (χ4n) is 1.36. The van der Waals surface area contributed by atoms with Crippen LogP contribution in [-0.2, 0) is 11.2 Å². The van der Waals surface area contributed by atoms with E-state index < -0.39 is 40.8 Å². The van der Waals surface area contributed by atoms with Crippen molar-refractivity contribution in [3.8, 4) is 5.75 Å². The summed E-state index contributed by atoms with van der Waals surface area (Å²) in [5, 5.41) is 19.2. The molecule has 0 aliphatic carbocycles. The molecule has 0 saturated heterocycles. The zero-order chi connectivity index (χ0) is 14.8. The number of alkyl halides is 3. The van der Waals surface area contributed by atoms with Crippen LogP contribution in [0.4, 0.5) is 19.0 Å². The van der Waals surface area contributed by atoms with E-state index in [0.717, 1.165) is 6.07 Å². The lowest BCUT2D eigenvalue weighted by Gasteiger charge is -2.12. The lowest BCUT2D eigenvalue weighted by Crippen LogP contribution is -2.20. The van der Waals surface area contributed by atoms with E-state index in [4.69, 9.17) is 5.11 Å². The van der Waals surface area contributed by atoms with Crippen molar-refractivity contribution >= 4 is 11.8 Å². The van der Waals surface area contributed by atoms with Crippen LogP contribution in [0.15, 0.2) is 6.07 Å². The third kappa shape index (κ3) is 4.08. The summed E-state index contributed by atoms with van der Waals surface area (Å²) < 4.78 is 40.1. The van der Waals surface area contributed by atoms with Gasteiger partial charge in [-0.2, -0.15) is 0 Å². The highest BCUT2D eigenvalue weighted by Crippen LogP contribution is 2.34. The van der Waals surface area contributed by atoms with E-state index in [-0.39, 0.29) is 5.69 Å². The lowest BCUT2D eigenvalue weighted by molar-refractivity contribution is -0.393. The number of hydrogen-bond donors (Lipinski definition) is 1. The Morgan fingerprint density at radius 2 is 2.16 bits per heavy atom. The van der Waals surface area contributed by atoms with Crippen LogP contribution in [-0.4, -0.2) is 27.3 Å². The standard InChI is InChI=1S/C9H7F3N2O5/c1-4-2-5(3-6(15)16)7(19-9(10,11)12)8(13-4)14(17)18/h2H,3H2,1H3,(H,15,16). The number of carboxylic acids is 1. The number of nitrogens with zero attached hydrogens (tertiary/aromatic N) is 2. The molecule has 104 valence electrons. The highest BCUT2D eigenvalue weighted by atomic mass is 19.4. The molecule has 0 aliphatic heterocycles. The Hall–Kier alpha value is -2.39. The second-order valence-electron chi connectivity index (χ2n) is 3.45. The number of carbonyl (C=O) groups is 1. The SMILES string of the molecule is Cc1cc(CC(=O)O)c(OC(F)(F)F)c([N+](=O)[O-])n1. The first-order valence-corrected chi connectivity index (χ1v) is 4.72. The van der Waals surface area contributed by atoms with Crippen molar-refractivity contribution in [1.82, 2.24) is 4.98 Å². The maximum Gasteiger partial charge on any atom is 0.573 e. The van der Waals surface area contributed by atoms with Crippen molar-refractivity contribution < 1.29 is 32.7 Å². The van der Waals surface area contributed by atoms with Crippen molar-refractivity contribution in [3.05, 3.63) is 27.4 Å². The van der Waals surface area contributed by atoms with E-state index in [1.807, 2.05) is 0 Å². The second kappa shape index (κ2) is 5.08. The van der Waals surface area contributed by atoms with E-state index in [1.54, 1.807) is 0 Å². The first-order chi connectivity index (χ1) is 8.60. The number of ether oxygens (including phenoxy) is 1. The quantitative estimate of drug-likeness (QED) is 0.666. The lowest BCUT2D eigenvalue weighted by atomic mass is 10.1. The maximum absolute atomic E-state index is 12.2. The fraction of sp³-hybridized carbons (Fsp3) is 0.333. The summed E-state index contributed by atoms with van der Waals surface area (Å²) in [6.45, 7) is 1.29. The molecule has 0 saturated carbocycles. The minimum absolute atomic E-state index is 0.0116. The molecule has 0 aliphatic rings. The molecule has 1 heterocycles. The van der Waals surface area contributed by atoms with Gasteiger partial charge in [0, 0.05) is 12.5 Å². The summed E-state index contributed by atoms with van der Waals surface area (Å²) in [7, 11) is 0. The molecule has 1 aromatic rings. The summed E-state index contributed by atoms with van der Waals surface area (Å²) in [6, 6.07) is 0.988. The molecule has 10 heteroatoms. The smallest absolute Gasteiger partial charge is 0.481 e. The molecule has 1 aromatic heterocycles. The minimum Gasteiger partial charge on any atom is -0.481 e. The third-order valence-corrected chi connectivity index (χ3v) is 1.89. The Balaban J connectivity index is 3.42. The molecular weight excluding hydrogens is 273 g/mol. The molecule has 0 fully saturated rings. The van der Waals surface area contributed by atoms with Gasteiger partial charge >= 0.3 is 18.1 Å². The van der Waals surface area contributed by atoms with Crippen LogP contribution in [0.25, 0.3) is 0 Å². The van der Waals surface area contributed by atoms with Gasteiger partial charge in [0.1, 0.15) is 0 Å². The first kappa shape index (κ1) is 14.7. The average Bonchev–Trinajstić information content (AvgIpc) is 2.18. The summed E-state index contributed by atoms with van der Waals surface area (Å²) in [5.74, 6) is -3.83. The molecule has 0 radical (unpaired) electrons. The third-order valence-electron chi connectivity index (χ3n) is 1.89. The fourth-order valence-corrected chi connectivity index (χ4v) is 1.36. The monoisotopic (exact) mass is 280 g/mol. The molecule has 0 aromatic carbocycles. The van der Waals surface area contributed by atoms with Gasteiger partial charge in [0.25, 0.3) is 0 Å². The molecule has 0 bridgehead atoms. The van der Waals surface area contributed by atoms with Crippen LogP contribution < -0.4 is 4.74 Å². The van der Waals surface area contributed by atoms with Gasteiger partial charge in [-0.1, -0.05) is 0 Å². The van der Waals surface area contributed by atoms with Gasteiger partial charge in [-0.15, -0.1) is 13.2 Å². The highest BCUT2D eigenvalue weighted by molar-refractivity contribution is 5.72.